The molecule has 4 nitrogen and oxygen atoms in total. The molecule has 0 aromatic heterocycles. The molecule has 5 heteroatoms. The van der Waals surface area contributed by atoms with Crippen molar-refractivity contribution in [3.63, 3.8) is 0 Å². The SMILES string of the molecule is Cc1ccc(C(=O)N2[C@@H](C3CCCCC3)SC[C@H]2C(=O)[O-])cc1. The maximum absolute atomic E-state index is 12.9. The number of thioether (sulfide) groups is 1. The fourth-order valence-corrected chi connectivity index (χ4v) is 5.22. The largest absolute Gasteiger partial charge is 0.548 e. The van der Waals surface area contributed by atoms with Crippen LogP contribution in [0.4, 0.5) is 0 Å². The monoisotopic (exact) mass is 332 g/mol. The minimum absolute atomic E-state index is 0.0352. The maximum atomic E-state index is 12.9. The molecule has 2 atom stereocenters. The number of carboxylic acid groups (broad SMARTS) is 1. The summed E-state index contributed by atoms with van der Waals surface area (Å²) in [7, 11) is 0. The number of hydrogen-bond donors (Lipinski definition) is 0. The molecule has 0 bridgehead atoms. The molecule has 1 saturated carbocycles. The van der Waals surface area contributed by atoms with Gasteiger partial charge in [-0.3, -0.25) is 4.79 Å². The summed E-state index contributed by atoms with van der Waals surface area (Å²) >= 11 is 1.60. The number of rotatable bonds is 3. The van der Waals surface area contributed by atoms with E-state index in [0.717, 1.165) is 18.4 Å². The molecule has 1 aromatic carbocycles. The molecule has 0 unspecified atom stereocenters. The van der Waals surface area contributed by atoms with E-state index in [0.29, 0.717) is 17.2 Å². The fourth-order valence-electron chi connectivity index (χ4n) is 3.59. The molecular weight excluding hydrogens is 310 g/mol. The van der Waals surface area contributed by atoms with Crippen molar-refractivity contribution in [3.8, 4) is 0 Å². The lowest BCUT2D eigenvalue weighted by molar-refractivity contribution is -0.310. The van der Waals surface area contributed by atoms with Gasteiger partial charge in [0.2, 0.25) is 0 Å². The van der Waals surface area contributed by atoms with Gasteiger partial charge in [-0.15, -0.1) is 11.8 Å². The van der Waals surface area contributed by atoms with Crippen molar-refractivity contribution in [1.82, 2.24) is 4.90 Å². The fraction of sp³-hybridized carbons (Fsp3) is 0.556. The van der Waals surface area contributed by atoms with Gasteiger partial charge in [0.15, 0.2) is 0 Å². The van der Waals surface area contributed by atoms with Gasteiger partial charge in [-0.1, -0.05) is 37.0 Å². The van der Waals surface area contributed by atoms with Crippen LogP contribution in [-0.4, -0.2) is 33.9 Å². The molecule has 0 radical (unpaired) electrons. The molecule has 1 aliphatic heterocycles. The van der Waals surface area contributed by atoms with Crippen LogP contribution in [0.15, 0.2) is 24.3 Å². The molecule has 2 fully saturated rings. The second kappa shape index (κ2) is 6.95. The Balaban J connectivity index is 1.87. The van der Waals surface area contributed by atoms with Crippen LogP contribution < -0.4 is 5.11 Å². The third-order valence-electron chi connectivity index (χ3n) is 4.89. The third-order valence-corrected chi connectivity index (χ3v) is 6.35. The van der Waals surface area contributed by atoms with E-state index in [2.05, 4.69) is 0 Å². The number of hydrogen-bond acceptors (Lipinski definition) is 4. The van der Waals surface area contributed by atoms with Crippen molar-refractivity contribution < 1.29 is 14.7 Å². The number of carboxylic acids is 1. The third kappa shape index (κ3) is 3.39. The van der Waals surface area contributed by atoms with Crippen LogP contribution in [0.2, 0.25) is 0 Å². The predicted octanol–water partition coefficient (Wildman–Crippen LogP) is 2.21. The van der Waals surface area contributed by atoms with E-state index in [9.17, 15) is 14.7 Å². The van der Waals surface area contributed by atoms with Crippen LogP contribution in [-0.2, 0) is 4.79 Å². The highest BCUT2D eigenvalue weighted by atomic mass is 32.2. The van der Waals surface area contributed by atoms with Gasteiger partial charge in [0.05, 0.1) is 17.4 Å². The molecule has 1 saturated heterocycles. The minimum atomic E-state index is -1.14. The Bertz CT molecular complexity index is 580. The molecule has 1 aromatic rings. The number of aryl methyl sites for hydroxylation is 1. The Labute approximate surface area is 141 Å². The normalized spacial score (nSPS) is 25.5. The molecule has 1 heterocycles. The summed E-state index contributed by atoms with van der Waals surface area (Å²) in [6.07, 6.45) is 5.74. The summed E-state index contributed by atoms with van der Waals surface area (Å²) in [6, 6.07) is 6.52. The highest BCUT2D eigenvalue weighted by Crippen LogP contribution is 2.41. The van der Waals surface area contributed by atoms with Gasteiger partial charge in [0, 0.05) is 11.3 Å². The van der Waals surface area contributed by atoms with Gasteiger partial charge in [0.25, 0.3) is 5.91 Å². The van der Waals surface area contributed by atoms with Crippen molar-refractivity contribution in [1.29, 1.82) is 0 Å². The van der Waals surface area contributed by atoms with E-state index < -0.39 is 12.0 Å². The van der Waals surface area contributed by atoms with E-state index in [1.165, 1.54) is 19.3 Å². The van der Waals surface area contributed by atoms with Crippen molar-refractivity contribution in [2.24, 2.45) is 5.92 Å². The summed E-state index contributed by atoms with van der Waals surface area (Å²) in [5.41, 5.74) is 1.64. The Hall–Kier alpha value is -1.49. The standard InChI is InChI=1S/C18H23NO3S/c1-12-7-9-13(10-8-12)16(20)19-15(18(21)22)11-23-17(19)14-5-3-2-4-6-14/h7-10,14-15,17H,2-6,11H2,1H3,(H,21,22)/p-1/t15-,17+/m0/s1. The first-order valence-corrected chi connectivity index (χ1v) is 9.34. The van der Waals surface area contributed by atoms with E-state index >= 15 is 0 Å². The van der Waals surface area contributed by atoms with Gasteiger partial charge in [-0.05, 0) is 37.8 Å². The summed E-state index contributed by atoms with van der Waals surface area (Å²) < 4.78 is 0. The van der Waals surface area contributed by atoms with E-state index in [1.807, 2.05) is 19.1 Å². The summed E-state index contributed by atoms with van der Waals surface area (Å²) in [4.78, 5) is 26.0. The van der Waals surface area contributed by atoms with E-state index in [4.69, 9.17) is 0 Å². The average Bonchev–Trinajstić information content (AvgIpc) is 3.01. The number of benzene rings is 1. The zero-order valence-electron chi connectivity index (χ0n) is 13.4. The lowest BCUT2D eigenvalue weighted by Gasteiger charge is -2.36. The molecule has 1 aliphatic carbocycles. The Morgan fingerprint density at radius 2 is 1.78 bits per heavy atom. The lowest BCUT2D eigenvalue weighted by Crippen LogP contribution is -2.52. The average molecular weight is 332 g/mol. The summed E-state index contributed by atoms with van der Waals surface area (Å²) in [5.74, 6) is -0.496. The molecule has 2 aliphatic rings. The Kier molecular flexibility index (Phi) is 4.95. The molecule has 124 valence electrons. The van der Waals surface area contributed by atoms with Crippen LogP contribution in [0, 0.1) is 12.8 Å². The number of aliphatic carboxylic acids is 1. The quantitative estimate of drug-likeness (QED) is 0.851. The lowest BCUT2D eigenvalue weighted by atomic mass is 9.88. The topological polar surface area (TPSA) is 60.4 Å². The first-order chi connectivity index (χ1) is 11.1. The molecular formula is C18H22NO3S-. The molecule has 3 rings (SSSR count). The van der Waals surface area contributed by atoms with Gasteiger partial charge >= 0.3 is 0 Å². The number of carbonyl (C=O) groups excluding carboxylic acids is 2. The van der Waals surface area contributed by atoms with E-state index in [-0.39, 0.29) is 11.3 Å². The Morgan fingerprint density at radius 1 is 1.13 bits per heavy atom. The molecule has 1 amide bonds. The minimum Gasteiger partial charge on any atom is -0.548 e. The molecule has 0 spiro atoms. The van der Waals surface area contributed by atoms with Crippen molar-refractivity contribution >= 4 is 23.6 Å². The molecule has 23 heavy (non-hydrogen) atoms. The van der Waals surface area contributed by atoms with Crippen molar-refractivity contribution in [2.75, 3.05) is 5.75 Å². The number of nitrogens with zero attached hydrogens (tertiary/aromatic N) is 1. The predicted molar refractivity (Wildman–Crippen MR) is 89.0 cm³/mol. The van der Waals surface area contributed by atoms with Crippen LogP contribution in [0.3, 0.4) is 0 Å². The highest BCUT2D eigenvalue weighted by molar-refractivity contribution is 8.00. The zero-order valence-corrected chi connectivity index (χ0v) is 14.2. The first kappa shape index (κ1) is 16.4. The van der Waals surface area contributed by atoms with Crippen molar-refractivity contribution in [3.05, 3.63) is 35.4 Å². The van der Waals surface area contributed by atoms with Crippen LogP contribution in [0.5, 0.6) is 0 Å². The Morgan fingerprint density at radius 3 is 2.39 bits per heavy atom. The van der Waals surface area contributed by atoms with Gasteiger partial charge in [-0.2, -0.15) is 0 Å². The summed E-state index contributed by atoms with van der Waals surface area (Å²) in [6.45, 7) is 1.97. The van der Waals surface area contributed by atoms with Gasteiger partial charge < -0.3 is 14.8 Å². The zero-order chi connectivity index (χ0) is 16.4. The van der Waals surface area contributed by atoms with E-state index in [1.54, 1.807) is 28.8 Å². The number of amides is 1. The molecule has 0 N–H and O–H groups in total. The van der Waals surface area contributed by atoms with Crippen LogP contribution in [0.1, 0.15) is 48.0 Å². The van der Waals surface area contributed by atoms with Gasteiger partial charge in [0.1, 0.15) is 0 Å². The maximum Gasteiger partial charge on any atom is 0.255 e. The van der Waals surface area contributed by atoms with Crippen LogP contribution in [0.25, 0.3) is 0 Å². The van der Waals surface area contributed by atoms with Crippen LogP contribution >= 0.6 is 11.8 Å². The highest BCUT2D eigenvalue weighted by Gasteiger charge is 2.42. The number of carbonyl (C=O) groups is 2. The summed E-state index contributed by atoms with van der Waals surface area (Å²) in [5, 5.41) is 11.5. The smallest absolute Gasteiger partial charge is 0.255 e. The second-order valence-electron chi connectivity index (χ2n) is 6.54. The van der Waals surface area contributed by atoms with Gasteiger partial charge in [-0.25, -0.2) is 0 Å². The van der Waals surface area contributed by atoms with Crippen molar-refractivity contribution in [2.45, 2.75) is 50.4 Å². The first-order valence-electron chi connectivity index (χ1n) is 8.29. The second-order valence-corrected chi connectivity index (χ2v) is 7.68.